The fourth-order valence-electron chi connectivity index (χ4n) is 4.47. The van der Waals surface area contributed by atoms with Crippen LogP contribution in [0.3, 0.4) is 0 Å². The van der Waals surface area contributed by atoms with Crippen LogP contribution in [0.2, 0.25) is 0 Å². The van der Waals surface area contributed by atoms with E-state index in [2.05, 4.69) is 28.5 Å². The molecule has 2 N–H and O–H groups in total. The Balaban J connectivity index is 1.55. The van der Waals surface area contributed by atoms with Crippen molar-refractivity contribution in [3.63, 3.8) is 0 Å². The zero-order valence-electron chi connectivity index (χ0n) is 15.7. The highest BCUT2D eigenvalue weighted by molar-refractivity contribution is 6.05. The van der Waals surface area contributed by atoms with Crippen LogP contribution in [0.4, 0.5) is 0 Å². The SMILES string of the molecule is CCN(Cc1cccc2c1CN(C1CCC(=O)NC1=O)C2=O)C1CCNC1. The first kappa shape index (κ1) is 18.1. The molecule has 7 nitrogen and oxygen atoms in total. The number of hydrogen-bond acceptors (Lipinski definition) is 5. The number of nitrogens with zero attached hydrogens (tertiary/aromatic N) is 2. The average Bonchev–Trinajstić information content (AvgIpc) is 3.29. The van der Waals surface area contributed by atoms with Gasteiger partial charge < -0.3 is 10.2 Å². The van der Waals surface area contributed by atoms with Gasteiger partial charge in [-0.05, 0) is 43.1 Å². The van der Waals surface area contributed by atoms with Crippen molar-refractivity contribution in [3.8, 4) is 0 Å². The van der Waals surface area contributed by atoms with Crippen LogP contribution in [-0.2, 0) is 22.7 Å². The highest BCUT2D eigenvalue weighted by Crippen LogP contribution is 2.30. The molecule has 1 aromatic carbocycles. The highest BCUT2D eigenvalue weighted by atomic mass is 16.2. The van der Waals surface area contributed by atoms with Gasteiger partial charge in [0.1, 0.15) is 6.04 Å². The summed E-state index contributed by atoms with van der Waals surface area (Å²) in [5, 5.41) is 5.77. The smallest absolute Gasteiger partial charge is 0.255 e. The van der Waals surface area contributed by atoms with Crippen molar-refractivity contribution in [2.24, 2.45) is 0 Å². The molecular weight excluding hydrogens is 344 g/mol. The second-order valence-corrected chi connectivity index (χ2v) is 7.55. The molecule has 0 spiro atoms. The minimum atomic E-state index is -0.559. The summed E-state index contributed by atoms with van der Waals surface area (Å²) in [6.07, 6.45) is 1.82. The van der Waals surface area contributed by atoms with E-state index in [1.807, 2.05) is 12.1 Å². The summed E-state index contributed by atoms with van der Waals surface area (Å²) in [4.78, 5) is 40.7. The predicted octanol–water partition coefficient (Wildman–Crippen LogP) is 0.631. The largest absolute Gasteiger partial charge is 0.322 e. The highest BCUT2D eigenvalue weighted by Gasteiger charge is 2.39. The summed E-state index contributed by atoms with van der Waals surface area (Å²) in [5.41, 5.74) is 2.87. The number of imide groups is 1. The van der Waals surface area contributed by atoms with Crippen LogP contribution in [0, 0.1) is 0 Å². The van der Waals surface area contributed by atoms with Crippen molar-refractivity contribution in [1.82, 2.24) is 20.4 Å². The average molecular weight is 370 g/mol. The number of amides is 3. The van der Waals surface area contributed by atoms with E-state index >= 15 is 0 Å². The molecule has 2 unspecified atom stereocenters. The first-order valence-corrected chi connectivity index (χ1v) is 9.78. The molecule has 3 aliphatic rings. The Labute approximate surface area is 159 Å². The molecule has 27 heavy (non-hydrogen) atoms. The van der Waals surface area contributed by atoms with Gasteiger partial charge in [0.25, 0.3) is 5.91 Å². The third-order valence-electron chi connectivity index (χ3n) is 6.01. The zero-order chi connectivity index (χ0) is 19.0. The fourth-order valence-corrected chi connectivity index (χ4v) is 4.47. The molecule has 0 saturated carbocycles. The van der Waals surface area contributed by atoms with Crippen LogP contribution in [0.1, 0.15) is 47.7 Å². The van der Waals surface area contributed by atoms with Gasteiger partial charge in [-0.3, -0.25) is 24.6 Å². The Bertz CT molecular complexity index is 772. The van der Waals surface area contributed by atoms with E-state index in [1.165, 1.54) is 0 Å². The molecule has 2 saturated heterocycles. The van der Waals surface area contributed by atoms with Crippen LogP contribution in [0.25, 0.3) is 0 Å². The molecule has 3 aliphatic heterocycles. The number of likely N-dealkylation sites (N-methyl/N-ethyl adjacent to an activating group) is 1. The van der Waals surface area contributed by atoms with Crippen LogP contribution < -0.4 is 10.6 Å². The molecule has 0 aromatic heterocycles. The summed E-state index contributed by atoms with van der Waals surface area (Å²) in [5.74, 6) is -0.724. The van der Waals surface area contributed by atoms with E-state index in [0.29, 0.717) is 24.6 Å². The Hall–Kier alpha value is -2.25. The van der Waals surface area contributed by atoms with Gasteiger partial charge in [-0.1, -0.05) is 19.1 Å². The van der Waals surface area contributed by atoms with E-state index < -0.39 is 6.04 Å². The lowest BCUT2D eigenvalue weighted by atomic mass is 10.0. The standard InChI is InChI=1S/C20H26N4O3/c1-2-23(14-8-9-21-10-14)11-13-4-3-5-15-16(13)12-24(20(15)27)17-6-7-18(25)22-19(17)26/h3-5,14,17,21H,2,6-12H2,1H3,(H,22,25,26). The van der Waals surface area contributed by atoms with Crippen LogP contribution in [0.15, 0.2) is 18.2 Å². The fraction of sp³-hybridized carbons (Fsp3) is 0.550. The van der Waals surface area contributed by atoms with Crippen molar-refractivity contribution < 1.29 is 14.4 Å². The first-order chi connectivity index (χ1) is 13.1. The third kappa shape index (κ3) is 3.37. The molecule has 3 heterocycles. The van der Waals surface area contributed by atoms with E-state index in [0.717, 1.165) is 43.7 Å². The van der Waals surface area contributed by atoms with Gasteiger partial charge in [0.05, 0.1) is 0 Å². The number of rotatable bonds is 5. The predicted molar refractivity (Wildman–Crippen MR) is 99.8 cm³/mol. The van der Waals surface area contributed by atoms with E-state index in [-0.39, 0.29) is 24.1 Å². The van der Waals surface area contributed by atoms with Crippen molar-refractivity contribution in [3.05, 3.63) is 34.9 Å². The van der Waals surface area contributed by atoms with E-state index in [4.69, 9.17) is 0 Å². The van der Waals surface area contributed by atoms with E-state index in [1.54, 1.807) is 4.90 Å². The second-order valence-electron chi connectivity index (χ2n) is 7.55. The molecule has 4 rings (SSSR count). The van der Waals surface area contributed by atoms with Gasteiger partial charge in [-0.25, -0.2) is 0 Å². The number of carbonyl (C=O) groups excluding carboxylic acids is 3. The Morgan fingerprint density at radius 2 is 2.07 bits per heavy atom. The zero-order valence-corrected chi connectivity index (χ0v) is 15.7. The summed E-state index contributed by atoms with van der Waals surface area (Å²) >= 11 is 0. The summed E-state index contributed by atoms with van der Waals surface area (Å²) < 4.78 is 0. The number of benzene rings is 1. The molecule has 1 aromatic rings. The lowest BCUT2D eigenvalue weighted by Crippen LogP contribution is -2.52. The van der Waals surface area contributed by atoms with Crippen molar-refractivity contribution in [2.45, 2.75) is 51.4 Å². The normalized spacial score (nSPS) is 25.3. The summed E-state index contributed by atoms with van der Waals surface area (Å²) in [7, 11) is 0. The monoisotopic (exact) mass is 370 g/mol. The van der Waals surface area contributed by atoms with Crippen LogP contribution in [-0.4, -0.2) is 59.2 Å². The minimum absolute atomic E-state index is 0.105. The Morgan fingerprint density at radius 3 is 2.78 bits per heavy atom. The maximum atomic E-state index is 12.9. The Kier molecular flexibility index (Phi) is 4.97. The molecule has 144 valence electrons. The third-order valence-corrected chi connectivity index (χ3v) is 6.01. The molecule has 0 aliphatic carbocycles. The maximum Gasteiger partial charge on any atom is 0.255 e. The summed E-state index contributed by atoms with van der Waals surface area (Å²) in [6, 6.07) is 5.83. The van der Waals surface area contributed by atoms with Crippen LogP contribution in [0.5, 0.6) is 0 Å². The molecule has 0 radical (unpaired) electrons. The Morgan fingerprint density at radius 1 is 1.22 bits per heavy atom. The van der Waals surface area contributed by atoms with Gasteiger partial charge in [0, 0.05) is 37.7 Å². The molecule has 3 amide bonds. The van der Waals surface area contributed by atoms with Gasteiger partial charge in [0.15, 0.2) is 0 Å². The van der Waals surface area contributed by atoms with Crippen molar-refractivity contribution >= 4 is 17.7 Å². The summed E-state index contributed by atoms with van der Waals surface area (Å²) in [6.45, 7) is 6.43. The first-order valence-electron chi connectivity index (χ1n) is 9.78. The number of nitrogens with one attached hydrogen (secondary N) is 2. The molecule has 2 atom stereocenters. The van der Waals surface area contributed by atoms with Gasteiger partial charge >= 0.3 is 0 Å². The number of fused-ring (bicyclic) bond motifs is 1. The topological polar surface area (TPSA) is 81.8 Å². The van der Waals surface area contributed by atoms with Gasteiger partial charge in [0.2, 0.25) is 11.8 Å². The number of carbonyl (C=O) groups is 3. The minimum Gasteiger partial charge on any atom is -0.322 e. The van der Waals surface area contributed by atoms with Gasteiger partial charge in [-0.2, -0.15) is 0 Å². The maximum absolute atomic E-state index is 12.9. The molecule has 2 fully saturated rings. The molecule has 0 bridgehead atoms. The quantitative estimate of drug-likeness (QED) is 0.743. The number of piperidine rings is 1. The van der Waals surface area contributed by atoms with Crippen molar-refractivity contribution in [2.75, 3.05) is 19.6 Å². The van der Waals surface area contributed by atoms with Crippen molar-refractivity contribution in [1.29, 1.82) is 0 Å². The van der Waals surface area contributed by atoms with Crippen LogP contribution >= 0.6 is 0 Å². The lowest BCUT2D eigenvalue weighted by molar-refractivity contribution is -0.136. The van der Waals surface area contributed by atoms with Gasteiger partial charge in [-0.15, -0.1) is 0 Å². The molecular formula is C20H26N4O3. The molecule has 7 heteroatoms. The lowest BCUT2D eigenvalue weighted by Gasteiger charge is -2.30. The number of hydrogen-bond donors (Lipinski definition) is 2. The van der Waals surface area contributed by atoms with E-state index in [9.17, 15) is 14.4 Å². The second kappa shape index (κ2) is 7.40.